The zero-order valence-corrected chi connectivity index (χ0v) is 18.0. The molecular weight excluding hydrogens is 431 g/mol. The number of nitrogens with one attached hydrogen (secondary N) is 1. The summed E-state index contributed by atoms with van der Waals surface area (Å²) in [6.07, 6.45) is 2.60. The van der Waals surface area contributed by atoms with Crippen LogP contribution < -0.4 is 10.2 Å². The molecule has 2 amide bonds. The van der Waals surface area contributed by atoms with Gasteiger partial charge in [-0.3, -0.25) is 18.9 Å². The van der Waals surface area contributed by atoms with Gasteiger partial charge in [0.1, 0.15) is 23.3 Å². The number of Topliss-reactive ketones (excluding diaryl/α,β-unsaturated/α-hetero) is 1. The first-order valence-corrected chi connectivity index (χ1v) is 10.5. The van der Waals surface area contributed by atoms with E-state index in [2.05, 4.69) is 10.3 Å². The minimum atomic E-state index is -0.602. The second-order valence-electron chi connectivity index (χ2n) is 7.76. The van der Waals surface area contributed by atoms with Crippen LogP contribution in [0.2, 0.25) is 0 Å². The van der Waals surface area contributed by atoms with Gasteiger partial charge >= 0.3 is 6.09 Å². The number of halogens is 1. The summed E-state index contributed by atoms with van der Waals surface area (Å²) >= 11 is 0. The molecular formula is C23H23FN4O5. The number of fused-ring (bicyclic) bond motifs is 1. The molecule has 0 spiro atoms. The predicted molar refractivity (Wildman–Crippen MR) is 118 cm³/mol. The number of ketones is 1. The summed E-state index contributed by atoms with van der Waals surface area (Å²) in [6, 6.07) is 7.82. The number of carbonyl (C=O) groups excluding carboxylic acids is 3. The Kier molecular flexibility index (Phi) is 6.36. The highest BCUT2D eigenvalue weighted by atomic mass is 19.1. The molecule has 1 fully saturated rings. The molecule has 4 rings (SSSR count). The summed E-state index contributed by atoms with van der Waals surface area (Å²) < 4.78 is 21.9. The fourth-order valence-electron chi connectivity index (χ4n) is 3.72. The molecule has 0 radical (unpaired) electrons. The molecule has 0 saturated carbocycles. The average molecular weight is 454 g/mol. The van der Waals surface area contributed by atoms with Gasteiger partial charge in [0.15, 0.2) is 5.78 Å². The van der Waals surface area contributed by atoms with Crippen molar-refractivity contribution in [2.24, 2.45) is 0 Å². The number of aromatic nitrogens is 2. The normalized spacial score (nSPS) is 15.7. The van der Waals surface area contributed by atoms with E-state index < -0.39 is 18.0 Å². The van der Waals surface area contributed by atoms with Crippen LogP contribution in [0.3, 0.4) is 0 Å². The Morgan fingerprint density at radius 1 is 1.30 bits per heavy atom. The zero-order valence-electron chi connectivity index (χ0n) is 18.0. The largest absolute Gasteiger partial charge is 0.442 e. The summed E-state index contributed by atoms with van der Waals surface area (Å²) in [4.78, 5) is 41.1. The molecule has 172 valence electrons. The second kappa shape index (κ2) is 9.37. The van der Waals surface area contributed by atoms with Crippen molar-refractivity contribution in [3.8, 4) is 11.1 Å². The fraction of sp³-hybridized carbons (Fsp3) is 0.304. The third-order valence-corrected chi connectivity index (χ3v) is 5.39. The van der Waals surface area contributed by atoms with Gasteiger partial charge in [0.05, 0.1) is 25.0 Å². The number of aliphatic hydroxyl groups is 1. The smallest absolute Gasteiger partial charge is 0.414 e. The molecule has 10 heteroatoms. The summed E-state index contributed by atoms with van der Waals surface area (Å²) in [7, 11) is 0. The predicted octanol–water partition coefficient (Wildman–Crippen LogP) is 2.56. The number of benzene rings is 1. The van der Waals surface area contributed by atoms with E-state index in [1.54, 1.807) is 34.9 Å². The number of aliphatic hydroxyl groups excluding tert-OH is 1. The van der Waals surface area contributed by atoms with Crippen LogP contribution in [0.25, 0.3) is 16.8 Å². The van der Waals surface area contributed by atoms with Crippen LogP contribution >= 0.6 is 0 Å². The molecule has 2 N–H and O–H groups in total. The first-order chi connectivity index (χ1) is 15.9. The van der Waals surface area contributed by atoms with Gasteiger partial charge in [-0.05, 0) is 42.3 Å². The maximum atomic E-state index is 15.0. The van der Waals surface area contributed by atoms with E-state index in [9.17, 15) is 18.8 Å². The Hall–Kier alpha value is -3.79. The molecule has 0 unspecified atom stereocenters. The molecule has 3 heterocycles. The molecule has 1 aromatic carbocycles. The molecule has 1 saturated heterocycles. The van der Waals surface area contributed by atoms with Crippen LogP contribution in [0.4, 0.5) is 14.9 Å². The van der Waals surface area contributed by atoms with E-state index in [0.717, 1.165) is 0 Å². The lowest BCUT2D eigenvalue weighted by Crippen LogP contribution is -2.33. The summed E-state index contributed by atoms with van der Waals surface area (Å²) in [6.45, 7) is 1.70. The zero-order chi connectivity index (χ0) is 23.5. The molecule has 1 aliphatic heterocycles. The quantitative estimate of drug-likeness (QED) is 0.506. The third-order valence-electron chi connectivity index (χ3n) is 5.39. The van der Waals surface area contributed by atoms with Gasteiger partial charge in [-0.15, -0.1) is 0 Å². The number of amides is 2. The van der Waals surface area contributed by atoms with Crippen molar-refractivity contribution in [2.45, 2.75) is 25.9 Å². The summed E-state index contributed by atoms with van der Waals surface area (Å²) in [5.41, 5.74) is 2.14. The number of anilines is 1. The monoisotopic (exact) mass is 454 g/mol. The van der Waals surface area contributed by atoms with Crippen molar-refractivity contribution in [3.63, 3.8) is 0 Å². The van der Waals surface area contributed by atoms with Gasteiger partial charge in [0, 0.05) is 31.7 Å². The van der Waals surface area contributed by atoms with Crippen molar-refractivity contribution in [1.29, 1.82) is 0 Å². The molecule has 9 nitrogen and oxygen atoms in total. The van der Waals surface area contributed by atoms with Crippen molar-refractivity contribution in [2.75, 3.05) is 24.6 Å². The maximum absolute atomic E-state index is 15.0. The van der Waals surface area contributed by atoms with Gasteiger partial charge in [0.2, 0.25) is 5.91 Å². The fourth-order valence-corrected chi connectivity index (χ4v) is 3.72. The highest BCUT2D eigenvalue weighted by molar-refractivity contribution is 5.95. The molecule has 0 aliphatic carbocycles. The van der Waals surface area contributed by atoms with E-state index in [4.69, 9.17) is 9.84 Å². The minimum Gasteiger partial charge on any atom is -0.442 e. The highest BCUT2D eigenvalue weighted by Gasteiger charge is 2.32. The molecule has 33 heavy (non-hydrogen) atoms. The lowest BCUT2D eigenvalue weighted by Gasteiger charge is -2.14. The first-order valence-electron chi connectivity index (χ1n) is 10.5. The van der Waals surface area contributed by atoms with Crippen LogP contribution in [-0.2, 0) is 9.53 Å². The van der Waals surface area contributed by atoms with Gasteiger partial charge < -0.3 is 15.2 Å². The number of imidazole rings is 1. The third kappa shape index (κ3) is 4.70. The Labute approximate surface area is 188 Å². The van der Waals surface area contributed by atoms with Crippen LogP contribution in [0.1, 0.15) is 30.3 Å². The van der Waals surface area contributed by atoms with Gasteiger partial charge in [-0.1, -0.05) is 0 Å². The van der Waals surface area contributed by atoms with E-state index in [1.165, 1.54) is 24.1 Å². The Balaban J connectivity index is 1.54. The van der Waals surface area contributed by atoms with Crippen molar-refractivity contribution in [3.05, 3.63) is 54.2 Å². The van der Waals surface area contributed by atoms with Crippen LogP contribution in [0.5, 0.6) is 0 Å². The SMILES string of the molecule is CC(=O)NC[C@H]1CN(c2ccc(-c3ccn4c(C(=O)CCCO)cnc4c3)c(F)c2)C(=O)O1. The Bertz CT molecular complexity index is 1220. The molecule has 1 aliphatic rings. The van der Waals surface area contributed by atoms with Crippen LogP contribution in [-0.4, -0.2) is 58.1 Å². The van der Waals surface area contributed by atoms with Crippen molar-refractivity contribution >= 4 is 29.1 Å². The number of pyridine rings is 1. The van der Waals surface area contributed by atoms with E-state index in [1.807, 2.05) is 0 Å². The lowest BCUT2D eigenvalue weighted by molar-refractivity contribution is -0.119. The highest BCUT2D eigenvalue weighted by Crippen LogP contribution is 2.30. The van der Waals surface area contributed by atoms with Crippen molar-refractivity contribution in [1.82, 2.24) is 14.7 Å². The van der Waals surface area contributed by atoms with E-state index >= 15 is 0 Å². The number of hydrogen-bond donors (Lipinski definition) is 2. The van der Waals surface area contributed by atoms with Crippen LogP contribution in [0, 0.1) is 5.82 Å². The molecule has 2 aromatic heterocycles. The van der Waals surface area contributed by atoms with E-state index in [0.29, 0.717) is 34.6 Å². The lowest BCUT2D eigenvalue weighted by atomic mass is 10.1. The molecule has 0 bridgehead atoms. The summed E-state index contributed by atoms with van der Waals surface area (Å²) in [5.74, 6) is -0.883. The number of ether oxygens (including phenoxy) is 1. The van der Waals surface area contributed by atoms with Crippen LogP contribution in [0.15, 0.2) is 42.7 Å². The number of nitrogens with zero attached hydrogens (tertiary/aromatic N) is 3. The average Bonchev–Trinajstić information content (AvgIpc) is 3.38. The Morgan fingerprint density at radius 2 is 2.12 bits per heavy atom. The van der Waals surface area contributed by atoms with Gasteiger partial charge in [0.25, 0.3) is 0 Å². The number of hydrogen-bond acceptors (Lipinski definition) is 6. The minimum absolute atomic E-state index is 0.0625. The standard InChI is InChI=1S/C23H23FN4O5/c1-14(30)25-11-17-13-28(23(32)33-17)16-4-5-18(19(24)10-16)15-6-7-27-20(12-26-22(27)9-15)21(31)3-2-8-29/h4-7,9-10,12,17,29H,2-3,8,11,13H2,1H3,(H,25,30)/t17-/m0/s1. The van der Waals surface area contributed by atoms with Gasteiger partial charge in [-0.2, -0.15) is 0 Å². The Morgan fingerprint density at radius 3 is 2.85 bits per heavy atom. The summed E-state index contributed by atoms with van der Waals surface area (Å²) in [5, 5.41) is 11.5. The topological polar surface area (TPSA) is 113 Å². The molecule has 1 atom stereocenters. The first kappa shape index (κ1) is 22.4. The van der Waals surface area contributed by atoms with E-state index in [-0.39, 0.29) is 37.8 Å². The number of cyclic esters (lactones) is 1. The maximum Gasteiger partial charge on any atom is 0.414 e. The van der Waals surface area contributed by atoms with Gasteiger partial charge in [-0.25, -0.2) is 14.2 Å². The second-order valence-corrected chi connectivity index (χ2v) is 7.76. The van der Waals surface area contributed by atoms with Crippen molar-refractivity contribution < 1.29 is 28.6 Å². The number of carbonyl (C=O) groups is 3. The number of rotatable bonds is 8. The molecule has 3 aromatic rings.